The van der Waals surface area contributed by atoms with Gasteiger partial charge in [0.05, 0.1) is 0 Å². The lowest BCUT2D eigenvalue weighted by Gasteiger charge is -2.34. The first-order valence-electron chi connectivity index (χ1n) is 10.1. The summed E-state index contributed by atoms with van der Waals surface area (Å²) in [6.45, 7) is 0. The van der Waals surface area contributed by atoms with E-state index in [9.17, 15) is 0 Å². The monoisotopic (exact) mass is 301 g/mol. The van der Waals surface area contributed by atoms with Gasteiger partial charge >= 0.3 is 0 Å². The molecule has 1 aliphatic heterocycles. The number of nitrogens with one attached hydrogen (secondary N) is 1. The van der Waals surface area contributed by atoms with Crippen molar-refractivity contribution in [2.24, 2.45) is 11.8 Å². The molecule has 0 aromatic heterocycles. The molecule has 1 heterocycles. The second-order valence-corrected chi connectivity index (χ2v) is 7.82. The highest BCUT2D eigenvalue weighted by Gasteiger charge is 2.25. The van der Waals surface area contributed by atoms with Crippen LogP contribution in [0.1, 0.15) is 89.9 Å². The largest absolute Gasteiger partial charge is 0.382 e. The first-order valence-corrected chi connectivity index (χ1v) is 10.1. The number of rotatable bonds is 2. The van der Waals surface area contributed by atoms with Crippen molar-refractivity contribution in [1.29, 1.82) is 0 Å². The molecule has 0 aromatic carbocycles. The second kappa shape index (κ2) is 8.79. The van der Waals surface area contributed by atoms with E-state index in [1.165, 1.54) is 89.9 Å². The van der Waals surface area contributed by atoms with Crippen LogP contribution in [0.4, 0.5) is 0 Å². The van der Waals surface area contributed by atoms with Gasteiger partial charge in [0, 0.05) is 11.7 Å². The molecule has 0 radical (unpaired) electrons. The summed E-state index contributed by atoms with van der Waals surface area (Å²) in [5, 5.41) is 3.96. The van der Waals surface area contributed by atoms with Gasteiger partial charge < -0.3 is 5.32 Å². The van der Waals surface area contributed by atoms with E-state index in [-0.39, 0.29) is 0 Å². The van der Waals surface area contributed by atoms with Gasteiger partial charge in [-0.25, -0.2) is 0 Å². The molecule has 0 saturated heterocycles. The summed E-state index contributed by atoms with van der Waals surface area (Å²) in [5.41, 5.74) is 1.57. The van der Waals surface area contributed by atoms with Crippen LogP contribution < -0.4 is 5.32 Å². The SMILES string of the molecule is C1=CC(C2CCCCCCC2)NC(C2CCCCCCC2)=C1. The summed E-state index contributed by atoms with van der Waals surface area (Å²) in [6.07, 6.45) is 27.3. The lowest BCUT2D eigenvalue weighted by molar-refractivity contribution is 0.313. The predicted molar refractivity (Wildman–Crippen MR) is 95.8 cm³/mol. The lowest BCUT2D eigenvalue weighted by atomic mass is 9.83. The first-order chi connectivity index (χ1) is 10.9. The van der Waals surface area contributed by atoms with E-state index in [0.29, 0.717) is 6.04 Å². The Hall–Kier alpha value is -0.720. The maximum absolute atomic E-state index is 3.96. The van der Waals surface area contributed by atoms with Crippen LogP contribution in [0, 0.1) is 11.8 Å². The highest BCUT2D eigenvalue weighted by molar-refractivity contribution is 5.22. The maximum atomic E-state index is 3.96. The fourth-order valence-corrected chi connectivity index (χ4v) is 4.71. The molecule has 0 bridgehead atoms. The van der Waals surface area contributed by atoms with Gasteiger partial charge in [-0.2, -0.15) is 0 Å². The fraction of sp³-hybridized carbons (Fsp3) is 0.810. The van der Waals surface area contributed by atoms with Gasteiger partial charge in [-0.15, -0.1) is 0 Å². The number of dihydropyridines is 1. The Labute approximate surface area is 137 Å². The van der Waals surface area contributed by atoms with Crippen LogP contribution in [-0.4, -0.2) is 6.04 Å². The Balaban J connectivity index is 1.57. The minimum Gasteiger partial charge on any atom is -0.382 e. The second-order valence-electron chi connectivity index (χ2n) is 7.82. The highest BCUT2D eigenvalue weighted by Crippen LogP contribution is 2.31. The summed E-state index contributed by atoms with van der Waals surface area (Å²) in [4.78, 5) is 0. The molecule has 1 heteroatoms. The Morgan fingerprint density at radius 3 is 1.86 bits per heavy atom. The van der Waals surface area contributed by atoms with Crippen molar-refractivity contribution in [2.45, 2.75) is 95.9 Å². The summed E-state index contributed by atoms with van der Waals surface area (Å²) in [6, 6.07) is 0.614. The van der Waals surface area contributed by atoms with E-state index in [4.69, 9.17) is 0 Å². The molecule has 124 valence electrons. The van der Waals surface area contributed by atoms with E-state index in [0.717, 1.165) is 11.8 Å². The average Bonchev–Trinajstić information content (AvgIpc) is 2.46. The summed E-state index contributed by atoms with van der Waals surface area (Å²) in [5.74, 6) is 1.68. The van der Waals surface area contributed by atoms with E-state index >= 15 is 0 Å². The minimum atomic E-state index is 0.614. The molecule has 0 amide bonds. The molecule has 3 aliphatic rings. The van der Waals surface area contributed by atoms with Crippen LogP contribution in [-0.2, 0) is 0 Å². The van der Waals surface area contributed by atoms with Crippen LogP contribution in [0.2, 0.25) is 0 Å². The van der Waals surface area contributed by atoms with Gasteiger partial charge in [-0.05, 0) is 43.6 Å². The smallest absolute Gasteiger partial charge is 0.0472 e. The zero-order chi connectivity index (χ0) is 15.0. The summed E-state index contributed by atoms with van der Waals surface area (Å²) >= 11 is 0. The Morgan fingerprint density at radius 2 is 1.23 bits per heavy atom. The van der Waals surface area contributed by atoms with Crippen LogP contribution >= 0.6 is 0 Å². The lowest BCUT2D eigenvalue weighted by Crippen LogP contribution is -2.38. The molecule has 0 spiro atoms. The first kappa shape index (κ1) is 16.1. The third-order valence-corrected chi connectivity index (χ3v) is 6.13. The molecule has 1 atom stereocenters. The quantitative estimate of drug-likeness (QED) is 0.648. The predicted octanol–water partition coefficient (Wildman–Crippen LogP) is 6.12. The molecule has 22 heavy (non-hydrogen) atoms. The standard InChI is InChI=1S/C21H35N/c1-3-7-12-18(13-8-4-1)20-16-11-17-21(22-20)19-14-9-5-2-6-10-15-19/h11,16-20,22H,1-10,12-15H2. The van der Waals surface area contributed by atoms with Gasteiger partial charge in [0.2, 0.25) is 0 Å². The average molecular weight is 302 g/mol. The number of hydrogen-bond acceptors (Lipinski definition) is 1. The van der Waals surface area contributed by atoms with Crippen molar-refractivity contribution in [2.75, 3.05) is 0 Å². The van der Waals surface area contributed by atoms with Crippen LogP contribution in [0.25, 0.3) is 0 Å². The van der Waals surface area contributed by atoms with Crippen LogP contribution in [0.5, 0.6) is 0 Å². The molecule has 2 aliphatic carbocycles. The Bertz CT molecular complexity index is 365. The molecule has 2 saturated carbocycles. The topological polar surface area (TPSA) is 12.0 Å². The Morgan fingerprint density at radius 1 is 0.682 bits per heavy atom. The molecule has 0 aromatic rings. The van der Waals surface area contributed by atoms with Gasteiger partial charge in [0.1, 0.15) is 0 Å². The molecule has 1 unspecified atom stereocenters. The molecular formula is C21H35N. The summed E-state index contributed by atoms with van der Waals surface area (Å²) < 4.78 is 0. The molecule has 3 rings (SSSR count). The van der Waals surface area contributed by atoms with E-state index < -0.39 is 0 Å². The van der Waals surface area contributed by atoms with Crippen LogP contribution in [0.3, 0.4) is 0 Å². The fourth-order valence-electron chi connectivity index (χ4n) is 4.71. The highest BCUT2D eigenvalue weighted by atomic mass is 14.9. The van der Waals surface area contributed by atoms with E-state index in [1.54, 1.807) is 5.70 Å². The van der Waals surface area contributed by atoms with Gasteiger partial charge in [-0.1, -0.05) is 76.4 Å². The van der Waals surface area contributed by atoms with Crippen molar-refractivity contribution in [3.8, 4) is 0 Å². The van der Waals surface area contributed by atoms with Crippen molar-refractivity contribution in [3.05, 3.63) is 23.9 Å². The Kier molecular flexibility index (Phi) is 6.45. The maximum Gasteiger partial charge on any atom is 0.0472 e. The normalized spacial score (nSPS) is 29.6. The molecule has 2 fully saturated rings. The molecule has 1 N–H and O–H groups in total. The number of allylic oxidation sites excluding steroid dienone is 3. The minimum absolute atomic E-state index is 0.614. The third-order valence-electron chi connectivity index (χ3n) is 6.13. The zero-order valence-electron chi connectivity index (χ0n) is 14.4. The molecule has 1 nitrogen and oxygen atoms in total. The van der Waals surface area contributed by atoms with Crippen molar-refractivity contribution in [3.63, 3.8) is 0 Å². The van der Waals surface area contributed by atoms with E-state index in [2.05, 4.69) is 23.5 Å². The molecular weight excluding hydrogens is 266 g/mol. The van der Waals surface area contributed by atoms with Gasteiger partial charge in [0.25, 0.3) is 0 Å². The van der Waals surface area contributed by atoms with Gasteiger partial charge in [0.15, 0.2) is 0 Å². The number of hydrogen-bond donors (Lipinski definition) is 1. The van der Waals surface area contributed by atoms with Crippen molar-refractivity contribution >= 4 is 0 Å². The third kappa shape index (κ3) is 4.64. The van der Waals surface area contributed by atoms with Crippen molar-refractivity contribution < 1.29 is 0 Å². The van der Waals surface area contributed by atoms with Gasteiger partial charge in [-0.3, -0.25) is 0 Å². The zero-order valence-corrected chi connectivity index (χ0v) is 14.4. The van der Waals surface area contributed by atoms with E-state index in [1.807, 2.05) is 0 Å². The summed E-state index contributed by atoms with van der Waals surface area (Å²) in [7, 11) is 0. The van der Waals surface area contributed by atoms with Crippen molar-refractivity contribution in [1.82, 2.24) is 5.32 Å². The van der Waals surface area contributed by atoms with Crippen LogP contribution in [0.15, 0.2) is 23.9 Å².